The number of anilines is 1. The van der Waals surface area contributed by atoms with Crippen LogP contribution >= 0.6 is 23.1 Å². The molecule has 108 valence electrons. The Morgan fingerprint density at radius 1 is 1.55 bits per heavy atom. The fraction of sp³-hybridized carbons (Fsp3) is 0.455. The summed E-state index contributed by atoms with van der Waals surface area (Å²) in [5.74, 6) is 0.870. The van der Waals surface area contributed by atoms with E-state index in [1.165, 1.54) is 23.1 Å². The molecular formula is C11H16N6OS2. The predicted octanol–water partition coefficient (Wildman–Crippen LogP) is 1.50. The van der Waals surface area contributed by atoms with Crippen LogP contribution in [-0.4, -0.2) is 31.4 Å². The highest BCUT2D eigenvalue weighted by Gasteiger charge is 2.15. The average Bonchev–Trinajstić information content (AvgIpc) is 3.04. The summed E-state index contributed by atoms with van der Waals surface area (Å²) in [6.07, 6.45) is 1.65. The molecule has 0 bridgehead atoms. The molecule has 1 amide bonds. The second-order valence-electron chi connectivity index (χ2n) is 4.24. The number of thioether (sulfide) groups is 1. The van der Waals surface area contributed by atoms with Gasteiger partial charge in [0, 0.05) is 17.6 Å². The number of hydrogen-bond donors (Lipinski definition) is 2. The monoisotopic (exact) mass is 312 g/mol. The van der Waals surface area contributed by atoms with Crippen molar-refractivity contribution in [1.29, 1.82) is 0 Å². The van der Waals surface area contributed by atoms with E-state index in [2.05, 4.69) is 20.5 Å². The van der Waals surface area contributed by atoms with Crippen LogP contribution in [0.1, 0.15) is 25.7 Å². The maximum Gasteiger partial charge on any atom is 0.236 e. The van der Waals surface area contributed by atoms with Gasteiger partial charge < -0.3 is 15.6 Å². The Bertz CT molecular complexity index is 565. The molecule has 0 aliphatic heterocycles. The van der Waals surface area contributed by atoms with Gasteiger partial charge in [0.05, 0.1) is 12.3 Å². The van der Waals surface area contributed by atoms with Gasteiger partial charge in [0.1, 0.15) is 5.82 Å². The van der Waals surface area contributed by atoms with Crippen molar-refractivity contribution in [3.05, 3.63) is 17.4 Å². The number of hydrogen-bond acceptors (Lipinski definition) is 7. The predicted molar refractivity (Wildman–Crippen MR) is 79.8 cm³/mol. The van der Waals surface area contributed by atoms with E-state index in [-0.39, 0.29) is 17.7 Å². The molecule has 0 spiro atoms. The van der Waals surface area contributed by atoms with Crippen molar-refractivity contribution in [1.82, 2.24) is 19.7 Å². The number of rotatable bonds is 6. The van der Waals surface area contributed by atoms with E-state index >= 15 is 0 Å². The first-order valence-electron chi connectivity index (χ1n) is 6.07. The topological polar surface area (TPSA) is 98.7 Å². The second-order valence-corrected chi connectivity index (χ2v) is 6.08. The van der Waals surface area contributed by atoms with E-state index in [0.29, 0.717) is 16.8 Å². The molecule has 0 saturated heterocycles. The normalized spacial score (nSPS) is 11.0. The minimum Gasteiger partial charge on any atom is -0.324 e. The minimum atomic E-state index is -0.113. The first-order chi connectivity index (χ1) is 9.61. The Morgan fingerprint density at radius 2 is 2.35 bits per heavy atom. The van der Waals surface area contributed by atoms with Crippen molar-refractivity contribution < 1.29 is 4.79 Å². The molecule has 2 aromatic heterocycles. The third kappa shape index (κ3) is 3.56. The Hall–Kier alpha value is -1.45. The smallest absolute Gasteiger partial charge is 0.236 e. The summed E-state index contributed by atoms with van der Waals surface area (Å²) in [7, 11) is 0. The Labute approximate surface area is 125 Å². The molecule has 7 nitrogen and oxygen atoms in total. The third-order valence-electron chi connectivity index (χ3n) is 2.45. The van der Waals surface area contributed by atoms with Crippen molar-refractivity contribution in [2.45, 2.75) is 31.6 Å². The number of nitrogens with two attached hydrogens (primary N) is 1. The number of nitrogens with zero attached hydrogens (tertiary/aromatic N) is 4. The molecule has 0 aliphatic carbocycles. The molecule has 0 unspecified atom stereocenters. The van der Waals surface area contributed by atoms with Gasteiger partial charge in [0.15, 0.2) is 10.3 Å². The lowest BCUT2D eigenvalue weighted by Crippen LogP contribution is -2.15. The van der Waals surface area contributed by atoms with Crippen molar-refractivity contribution >= 4 is 34.1 Å². The van der Waals surface area contributed by atoms with Crippen LogP contribution in [0.5, 0.6) is 0 Å². The zero-order chi connectivity index (χ0) is 14.5. The lowest BCUT2D eigenvalue weighted by Gasteiger charge is -2.12. The highest BCUT2D eigenvalue weighted by atomic mass is 32.2. The molecule has 2 heterocycles. The molecule has 0 saturated carbocycles. The van der Waals surface area contributed by atoms with E-state index in [1.807, 2.05) is 23.8 Å². The number of amides is 1. The molecule has 2 rings (SSSR count). The number of carbonyl (C=O) groups excluding carboxylic acids is 1. The molecule has 9 heteroatoms. The number of carbonyl (C=O) groups is 1. The van der Waals surface area contributed by atoms with E-state index < -0.39 is 0 Å². The lowest BCUT2D eigenvalue weighted by molar-refractivity contribution is -0.113. The van der Waals surface area contributed by atoms with Crippen molar-refractivity contribution in [3.8, 4) is 0 Å². The van der Waals surface area contributed by atoms with Crippen LogP contribution in [0.25, 0.3) is 0 Å². The molecule has 0 radical (unpaired) electrons. The SMILES string of the molecule is CC(C)n1c(CN)nnc1SCC(=O)Nc1nccs1. The summed E-state index contributed by atoms with van der Waals surface area (Å²) < 4.78 is 1.95. The molecule has 20 heavy (non-hydrogen) atoms. The van der Waals surface area contributed by atoms with Crippen LogP contribution in [-0.2, 0) is 11.3 Å². The Morgan fingerprint density at radius 3 is 2.95 bits per heavy atom. The van der Waals surface area contributed by atoms with Crippen molar-refractivity contribution in [2.75, 3.05) is 11.1 Å². The van der Waals surface area contributed by atoms with Crippen LogP contribution in [0, 0.1) is 0 Å². The first kappa shape index (κ1) is 14.9. The van der Waals surface area contributed by atoms with Crippen LogP contribution in [0.4, 0.5) is 5.13 Å². The summed E-state index contributed by atoms with van der Waals surface area (Å²) in [5, 5.41) is 14.0. The molecule has 0 atom stereocenters. The van der Waals surface area contributed by atoms with Crippen LogP contribution in [0.3, 0.4) is 0 Å². The van der Waals surface area contributed by atoms with Gasteiger partial charge in [-0.1, -0.05) is 11.8 Å². The van der Waals surface area contributed by atoms with E-state index in [4.69, 9.17) is 5.73 Å². The number of aromatic nitrogens is 4. The maximum atomic E-state index is 11.8. The van der Waals surface area contributed by atoms with Gasteiger partial charge in [0.25, 0.3) is 0 Å². The minimum absolute atomic E-state index is 0.113. The van der Waals surface area contributed by atoms with E-state index in [0.717, 1.165) is 5.82 Å². The highest BCUT2D eigenvalue weighted by molar-refractivity contribution is 7.99. The van der Waals surface area contributed by atoms with Gasteiger partial charge in [-0.05, 0) is 13.8 Å². The largest absolute Gasteiger partial charge is 0.324 e. The molecule has 0 aromatic carbocycles. The lowest BCUT2D eigenvalue weighted by atomic mass is 10.4. The van der Waals surface area contributed by atoms with Gasteiger partial charge >= 0.3 is 0 Å². The maximum absolute atomic E-state index is 11.8. The average molecular weight is 312 g/mol. The summed E-state index contributed by atoms with van der Waals surface area (Å²) >= 11 is 2.73. The van der Waals surface area contributed by atoms with Gasteiger partial charge in [-0.3, -0.25) is 4.79 Å². The summed E-state index contributed by atoms with van der Waals surface area (Å²) in [4.78, 5) is 15.8. The van der Waals surface area contributed by atoms with Crippen molar-refractivity contribution in [2.24, 2.45) is 5.73 Å². The molecule has 0 fully saturated rings. The standard InChI is InChI=1S/C11H16N6OS2/c1-7(2)17-8(5-12)15-16-11(17)20-6-9(18)14-10-13-3-4-19-10/h3-4,7H,5-6,12H2,1-2H3,(H,13,14,18). The Balaban J connectivity index is 1.97. The summed E-state index contributed by atoms with van der Waals surface area (Å²) in [5.41, 5.74) is 5.63. The van der Waals surface area contributed by atoms with E-state index in [9.17, 15) is 4.79 Å². The van der Waals surface area contributed by atoms with Crippen molar-refractivity contribution in [3.63, 3.8) is 0 Å². The van der Waals surface area contributed by atoms with Crippen LogP contribution in [0.15, 0.2) is 16.7 Å². The third-order valence-corrected chi connectivity index (χ3v) is 4.08. The quantitative estimate of drug-likeness (QED) is 0.784. The van der Waals surface area contributed by atoms with Crippen LogP contribution < -0.4 is 11.1 Å². The van der Waals surface area contributed by atoms with Crippen LogP contribution in [0.2, 0.25) is 0 Å². The van der Waals surface area contributed by atoms with E-state index in [1.54, 1.807) is 6.20 Å². The Kier molecular flexibility index (Phi) is 5.10. The van der Waals surface area contributed by atoms with Gasteiger partial charge in [-0.15, -0.1) is 21.5 Å². The number of thiazole rings is 1. The molecular weight excluding hydrogens is 296 g/mol. The summed E-state index contributed by atoms with van der Waals surface area (Å²) in [6.45, 7) is 4.39. The van der Waals surface area contributed by atoms with Gasteiger partial charge in [-0.2, -0.15) is 0 Å². The fourth-order valence-electron chi connectivity index (χ4n) is 1.63. The molecule has 3 N–H and O–H groups in total. The fourth-order valence-corrected chi connectivity index (χ4v) is 3.07. The summed E-state index contributed by atoms with van der Waals surface area (Å²) in [6, 6.07) is 0.202. The molecule has 2 aromatic rings. The van der Waals surface area contributed by atoms with Gasteiger partial charge in [0.2, 0.25) is 5.91 Å². The number of nitrogens with one attached hydrogen (secondary N) is 1. The highest BCUT2D eigenvalue weighted by Crippen LogP contribution is 2.21. The first-order valence-corrected chi connectivity index (χ1v) is 7.94. The zero-order valence-electron chi connectivity index (χ0n) is 11.2. The zero-order valence-corrected chi connectivity index (χ0v) is 12.9. The van der Waals surface area contributed by atoms with Gasteiger partial charge in [-0.25, -0.2) is 4.98 Å². The molecule has 0 aliphatic rings. The second kappa shape index (κ2) is 6.82.